The van der Waals surface area contributed by atoms with E-state index in [9.17, 15) is 4.79 Å². The summed E-state index contributed by atoms with van der Waals surface area (Å²) in [5.74, 6) is 0. The lowest BCUT2D eigenvalue weighted by Crippen LogP contribution is -2.50. The Morgan fingerprint density at radius 3 is 2.76 bits per heavy atom. The average molecular weight is 358 g/mol. The van der Waals surface area contributed by atoms with Gasteiger partial charge in [0.05, 0.1) is 22.6 Å². The summed E-state index contributed by atoms with van der Waals surface area (Å²) in [6, 6.07) is 9.01. The van der Waals surface area contributed by atoms with Gasteiger partial charge in [0.2, 0.25) is 0 Å². The second kappa shape index (κ2) is 6.56. The first-order chi connectivity index (χ1) is 12.2. The Bertz CT molecular complexity index is 904. The molecule has 1 aliphatic heterocycles. The normalized spacial score (nSPS) is 14.8. The molecule has 0 saturated carbocycles. The first kappa shape index (κ1) is 15.6. The van der Waals surface area contributed by atoms with Crippen molar-refractivity contribution >= 4 is 34.7 Å². The fourth-order valence-electron chi connectivity index (χ4n) is 2.81. The van der Waals surface area contributed by atoms with Crippen LogP contribution in [-0.4, -0.2) is 56.9 Å². The molecule has 3 heterocycles. The molecule has 128 valence electrons. The van der Waals surface area contributed by atoms with Crippen LogP contribution in [0.25, 0.3) is 5.65 Å². The van der Waals surface area contributed by atoms with Gasteiger partial charge >= 0.3 is 6.03 Å². The third-order valence-electron chi connectivity index (χ3n) is 4.19. The number of hydrogen-bond acceptors (Lipinski definition) is 5. The average Bonchev–Trinajstić information content (AvgIpc) is 3.11. The van der Waals surface area contributed by atoms with Gasteiger partial charge in [0.15, 0.2) is 5.65 Å². The highest BCUT2D eigenvalue weighted by Gasteiger charge is 2.22. The fourth-order valence-corrected chi connectivity index (χ4v) is 2.99. The predicted molar refractivity (Wildman–Crippen MR) is 95.0 cm³/mol. The van der Waals surface area contributed by atoms with Crippen molar-refractivity contribution in [2.45, 2.75) is 0 Å². The van der Waals surface area contributed by atoms with Crippen molar-refractivity contribution in [2.24, 2.45) is 0 Å². The summed E-state index contributed by atoms with van der Waals surface area (Å²) in [4.78, 5) is 16.4. The molecule has 1 N–H and O–H groups in total. The van der Waals surface area contributed by atoms with Gasteiger partial charge in [0.25, 0.3) is 0 Å². The second-order valence-electron chi connectivity index (χ2n) is 5.73. The Hall–Kier alpha value is -2.87. The molecule has 0 unspecified atom stereocenters. The maximum atomic E-state index is 12.4. The minimum atomic E-state index is -0.140. The number of nitrogens with one attached hydrogen (secondary N) is 1. The molecule has 1 fully saturated rings. The number of amides is 2. The Balaban J connectivity index is 1.39. The second-order valence-corrected chi connectivity index (χ2v) is 6.14. The number of piperazine rings is 1. The Labute approximate surface area is 149 Å². The third kappa shape index (κ3) is 3.20. The maximum Gasteiger partial charge on any atom is 0.322 e. The van der Waals surface area contributed by atoms with Crippen LogP contribution in [0.4, 0.5) is 16.2 Å². The van der Waals surface area contributed by atoms with E-state index in [1.807, 2.05) is 18.2 Å². The van der Waals surface area contributed by atoms with Crippen LogP contribution in [0.5, 0.6) is 0 Å². The van der Waals surface area contributed by atoms with Crippen LogP contribution < -0.4 is 10.2 Å². The highest BCUT2D eigenvalue weighted by molar-refractivity contribution is 6.33. The lowest BCUT2D eigenvalue weighted by molar-refractivity contribution is 0.208. The van der Waals surface area contributed by atoms with E-state index in [0.29, 0.717) is 29.4 Å². The van der Waals surface area contributed by atoms with E-state index in [0.717, 1.165) is 18.8 Å². The largest absolute Gasteiger partial charge is 0.367 e. The van der Waals surface area contributed by atoms with Crippen molar-refractivity contribution in [1.29, 1.82) is 0 Å². The quantitative estimate of drug-likeness (QED) is 0.760. The zero-order chi connectivity index (χ0) is 17.2. The topological polar surface area (TPSA) is 78.7 Å². The number of halogens is 1. The summed E-state index contributed by atoms with van der Waals surface area (Å²) < 4.78 is 1.62. The molecule has 3 aromatic rings. The molecule has 1 aromatic carbocycles. The van der Waals surface area contributed by atoms with Crippen LogP contribution >= 0.6 is 11.6 Å². The summed E-state index contributed by atoms with van der Waals surface area (Å²) >= 11 is 6.09. The minimum Gasteiger partial charge on any atom is -0.367 e. The highest BCUT2D eigenvalue weighted by Crippen LogP contribution is 2.21. The van der Waals surface area contributed by atoms with Crippen molar-refractivity contribution in [3.63, 3.8) is 0 Å². The Morgan fingerprint density at radius 1 is 1.16 bits per heavy atom. The van der Waals surface area contributed by atoms with Gasteiger partial charge in [0.1, 0.15) is 6.33 Å². The number of benzene rings is 1. The molecule has 0 spiro atoms. The van der Waals surface area contributed by atoms with Gasteiger partial charge in [-0.05, 0) is 12.1 Å². The number of aromatic nitrogens is 4. The Kier molecular flexibility index (Phi) is 4.10. The van der Waals surface area contributed by atoms with Crippen LogP contribution in [0.1, 0.15) is 0 Å². The van der Waals surface area contributed by atoms with Crippen LogP contribution in [0.2, 0.25) is 5.02 Å². The number of para-hydroxylation sites is 1. The van der Waals surface area contributed by atoms with Gasteiger partial charge in [-0.1, -0.05) is 23.7 Å². The zero-order valence-electron chi connectivity index (χ0n) is 13.3. The Morgan fingerprint density at radius 2 is 1.96 bits per heavy atom. The molecule has 1 saturated heterocycles. The van der Waals surface area contributed by atoms with E-state index in [-0.39, 0.29) is 6.03 Å². The van der Waals surface area contributed by atoms with Crippen molar-refractivity contribution in [3.8, 4) is 0 Å². The van der Waals surface area contributed by atoms with Crippen molar-refractivity contribution in [3.05, 3.63) is 47.9 Å². The molecular weight excluding hydrogens is 342 g/mol. The number of carbonyl (C=O) groups is 1. The molecule has 2 amide bonds. The number of hydrogen-bond donors (Lipinski definition) is 1. The minimum absolute atomic E-state index is 0.140. The summed E-state index contributed by atoms with van der Waals surface area (Å²) in [6.07, 6.45) is 3.35. The zero-order valence-corrected chi connectivity index (χ0v) is 14.1. The lowest BCUT2D eigenvalue weighted by atomic mass is 10.3. The number of rotatable bonds is 2. The molecule has 0 aliphatic carbocycles. The summed E-state index contributed by atoms with van der Waals surface area (Å²) in [5, 5.41) is 15.5. The molecule has 0 atom stereocenters. The van der Waals surface area contributed by atoms with Crippen molar-refractivity contribution in [2.75, 3.05) is 36.4 Å². The number of fused-ring (bicyclic) bond motifs is 1. The first-order valence-electron chi connectivity index (χ1n) is 7.92. The van der Waals surface area contributed by atoms with Crippen molar-refractivity contribution in [1.82, 2.24) is 24.7 Å². The summed E-state index contributed by atoms with van der Waals surface area (Å²) in [5.41, 5.74) is 2.31. The molecule has 25 heavy (non-hydrogen) atoms. The van der Waals surface area contributed by atoms with Gasteiger partial charge in [-0.25, -0.2) is 9.31 Å². The molecular formula is C16H16ClN7O. The first-order valence-corrected chi connectivity index (χ1v) is 8.30. The van der Waals surface area contributed by atoms with Crippen LogP contribution in [-0.2, 0) is 0 Å². The van der Waals surface area contributed by atoms with Crippen LogP contribution in [0.15, 0.2) is 42.9 Å². The molecule has 9 heteroatoms. The van der Waals surface area contributed by atoms with E-state index >= 15 is 0 Å². The van der Waals surface area contributed by atoms with E-state index in [1.165, 1.54) is 0 Å². The molecule has 0 bridgehead atoms. The van der Waals surface area contributed by atoms with E-state index < -0.39 is 0 Å². The highest BCUT2D eigenvalue weighted by atomic mass is 35.5. The standard InChI is InChI=1S/C16H16ClN7O/c17-13-3-1-2-4-14(13)20-16(25)23-7-5-22(6-8-23)12-9-15-21-18-11-24(15)19-10-12/h1-4,9-11H,5-8H2,(H,20,25). The number of carbonyl (C=O) groups excluding carboxylic acids is 1. The maximum absolute atomic E-state index is 12.4. The predicted octanol–water partition coefficient (Wildman–Crippen LogP) is 2.13. The molecule has 4 rings (SSSR count). The van der Waals surface area contributed by atoms with Crippen LogP contribution in [0, 0.1) is 0 Å². The van der Waals surface area contributed by atoms with E-state index in [1.54, 1.807) is 34.1 Å². The fraction of sp³-hybridized carbons (Fsp3) is 0.250. The number of anilines is 2. The van der Waals surface area contributed by atoms with Gasteiger partial charge in [-0.3, -0.25) is 0 Å². The van der Waals surface area contributed by atoms with Crippen molar-refractivity contribution < 1.29 is 4.79 Å². The number of nitrogens with zero attached hydrogens (tertiary/aromatic N) is 6. The SMILES string of the molecule is O=C(Nc1ccccc1Cl)N1CCN(c2cnn3cnnc3c2)CC1. The van der Waals surface area contributed by atoms with Gasteiger partial charge in [-0.2, -0.15) is 5.10 Å². The summed E-state index contributed by atoms with van der Waals surface area (Å²) in [7, 11) is 0. The molecule has 0 radical (unpaired) electrons. The third-order valence-corrected chi connectivity index (χ3v) is 4.52. The summed E-state index contributed by atoms with van der Waals surface area (Å²) in [6.45, 7) is 2.69. The smallest absolute Gasteiger partial charge is 0.322 e. The van der Waals surface area contributed by atoms with E-state index in [4.69, 9.17) is 11.6 Å². The molecule has 2 aromatic heterocycles. The molecule has 1 aliphatic rings. The molecule has 8 nitrogen and oxygen atoms in total. The van der Waals surface area contributed by atoms with Gasteiger partial charge < -0.3 is 15.1 Å². The monoisotopic (exact) mass is 357 g/mol. The van der Waals surface area contributed by atoms with Gasteiger partial charge in [-0.15, -0.1) is 10.2 Å². The van der Waals surface area contributed by atoms with Gasteiger partial charge in [0, 0.05) is 32.2 Å². The lowest BCUT2D eigenvalue weighted by Gasteiger charge is -2.35. The van der Waals surface area contributed by atoms with E-state index in [2.05, 4.69) is 25.5 Å². The number of urea groups is 1. The van der Waals surface area contributed by atoms with Crippen LogP contribution in [0.3, 0.4) is 0 Å².